The van der Waals surface area contributed by atoms with Crippen molar-refractivity contribution in [2.75, 3.05) is 0 Å². The van der Waals surface area contributed by atoms with Gasteiger partial charge in [-0.15, -0.1) is 0 Å². The highest BCUT2D eigenvalue weighted by molar-refractivity contribution is 5.71. The minimum atomic E-state index is 0.721. The largest absolute Gasteiger partial charge is 0.255 e. The van der Waals surface area contributed by atoms with Crippen molar-refractivity contribution in [3.05, 3.63) is 90.8 Å². The third-order valence-corrected chi connectivity index (χ3v) is 4.01. The van der Waals surface area contributed by atoms with Crippen LogP contribution in [0.15, 0.2) is 85.1 Å². The number of hydrogen-bond acceptors (Lipinski definition) is 3. The molecule has 0 saturated carbocycles. The second-order valence-electron chi connectivity index (χ2n) is 5.88. The molecule has 0 aliphatic rings. The maximum Gasteiger partial charge on any atom is 0.160 e. The van der Waals surface area contributed by atoms with Crippen LogP contribution in [0.3, 0.4) is 0 Å². The van der Waals surface area contributed by atoms with Crippen LogP contribution in [-0.2, 0) is 0 Å². The van der Waals surface area contributed by atoms with Gasteiger partial charge in [0.05, 0.1) is 11.4 Å². The maximum absolute atomic E-state index is 4.74. The zero-order chi connectivity index (χ0) is 17.1. The number of benzene rings is 2. The van der Waals surface area contributed by atoms with Gasteiger partial charge in [0.1, 0.15) is 0 Å². The lowest BCUT2D eigenvalue weighted by molar-refractivity contribution is 1.10. The maximum atomic E-state index is 4.74. The van der Waals surface area contributed by atoms with Crippen LogP contribution in [0, 0.1) is 6.92 Å². The van der Waals surface area contributed by atoms with E-state index < -0.39 is 0 Å². The quantitative estimate of drug-likeness (QED) is 0.521. The van der Waals surface area contributed by atoms with E-state index in [4.69, 9.17) is 4.98 Å². The molecular weight excluding hydrogens is 306 g/mol. The average molecular weight is 323 g/mol. The molecule has 0 aliphatic carbocycles. The van der Waals surface area contributed by atoms with Crippen molar-refractivity contribution in [1.29, 1.82) is 0 Å². The van der Waals surface area contributed by atoms with Gasteiger partial charge in [-0.25, -0.2) is 9.97 Å². The first-order valence-electron chi connectivity index (χ1n) is 8.22. The van der Waals surface area contributed by atoms with Crippen LogP contribution in [0.4, 0.5) is 0 Å². The highest BCUT2D eigenvalue weighted by Gasteiger charge is 2.08. The lowest BCUT2D eigenvalue weighted by Crippen LogP contribution is -1.96. The van der Waals surface area contributed by atoms with E-state index in [2.05, 4.69) is 34.2 Å². The summed E-state index contributed by atoms with van der Waals surface area (Å²) in [6.07, 6.45) is 1.78. The third kappa shape index (κ3) is 3.31. The van der Waals surface area contributed by atoms with Gasteiger partial charge in [0, 0.05) is 17.5 Å². The van der Waals surface area contributed by atoms with Crippen molar-refractivity contribution in [3.63, 3.8) is 0 Å². The molecule has 4 aromatic rings. The fraction of sp³-hybridized carbons (Fsp3) is 0.0455. The van der Waals surface area contributed by atoms with E-state index in [0.717, 1.165) is 34.0 Å². The van der Waals surface area contributed by atoms with Gasteiger partial charge in [0.25, 0.3) is 0 Å². The van der Waals surface area contributed by atoms with Gasteiger partial charge in [-0.05, 0) is 42.3 Å². The Hall–Kier alpha value is -3.33. The smallest absolute Gasteiger partial charge is 0.160 e. The van der Waals surface area contributed by atoms with Crippen LogP contribution < -0.4 is 0 Å². The van der Waals surface area contributed by atoms with E-state index in [9.17, 15) is 0 Å². The zero-order valence-electron chi connectivity index (χ0n) is 13.9. The molecule has 25 heavy (non-hydrogen) atoms. The molecule has 3 nitrogen and oxygen atoms in total. The number of nitrogens with zero attached hydrogens (tertiary/aromatic N) is 3. The molecule has 0 unspecified atom stereocenters. The average Bonchev–Trinajstić information content (AvgIpc) is 2.69. The van der Waals surface area contributed by atoms with Gasteiger partial charge in [0.2, 0.25) is 0 Å². The lowest BCUT2D eigenvalue weighted by atomic mass is 10.0. The summed E-state index contributed by atoms with van der Waals surface area (Å²) < 4.78 is 0. The predicted octanol–water partition coefficient (Wildman–Crippen LogP) is 5.18. The number of rotatable bonds is 3. The Balaban J connectivity index is 1.79. The summed E-state index contributed by atoms with van der Waals surface area (Å²) in [6.45, 7) is 1.98. The first kappa shape index (κ1) is 15.2. The van der Waals surface area contributed by atoms with E-state index in [0.29, 0.717) is 0 Å². The lowest BCUT2D eigenvalue weighted by Gasteiger charge is -2.08. The molecule has 3 heteroatoms. The first-order valence-corrected chi connectivity index (χ1v) is 8.22. The molecule has 0 amide bonds. The molecule has 2 heterocycles. The molecule has 0 fully saturated rings. The SMILES string of the molecule is Cc1cc(-c2ccccn2)nc(-c2cccc(-c3ccccc3)c2)n1. The van der Waals surface area contributed by atoms with E-state index >= 15 is 0 Å². The monoisotopic (exact) mass is 323 g/mol. The molecule has 2 aromatic carbocycles. The van der Waals surface area contributed by atoms with Gasteiger partial charge >= 0.3 is 0 Å². The summed E-state index contributed by atoms with van der Waals surface area (Å²) in [5.74, 6) is 0.721. The Morgan fingerprint density at radius 1 is 0.600 bits per heavy atom. The van der Waals surface area contributed by atoms with E-state index in [-0.39, 0.29) is 0 Å². The fourth-order valence-corrected chi connectivity index (χ4v) is 2.81. The highest BCUT2D eigenvalue weighted by atomic mass is 14.9. The molecule has 0 aliphatic heterocycles. The third-order valence-electron chi connectivity index (χ3n) is 4.01. The van der Waals surface area contributed by atoms with Crippen molar-refractivity contribution >= 4 is 0 Å². The summed E-state index contributed by atoms with van der Waals surface area (Å²) in [7, 11) is 0. The zero-order valence-corrected chi connectivity index (χ0v) is 13.9. The van der Waals surface area contributed by atoms with Crippen molar-refractivity contribution in [2.45, 2.75) is 6.92 Å². The van der Waals surface area contributed by atoms with Crippen LogP contribution >= 0.6 is 0 Å². The number of hydrogen-bond donors (Lipinski definition) is 0. The van der Waals surface area contributed by atoms with Crippen LogP contribution in [-0.4, -0.2) is 15.0 Å². The standard InChI is InChI=1S/C22H17N3/c1-16-14-21(20-12-5-6-13-23-20)25-22(24-16)19-11-7-10-18(15-19)17-8-3-2-4-9-17/h2-15H,1H3. The summed E-state index contributed by atoms with van der Waals surface area (Å²) in [6, 6.07) is 26.5. The Morgan fingerprint density at radius 3 is 2.16 bits per heavy atom. The molecule has 0 N–H and O–H groups in total. The minimum absolute atomic E-state index is 0.721. The number of aromatic nitrogens is 3. The number of pyridine rings is 1. The molecule has 2 aromatic heterocycles. The number of aryl methyl sites for hydroxylation is 1. The molecular formula is C22H17N3. The highest BCUT2D eigenvalue weighted by Crippen LogP contribution is 2.26. The second-order valence-corrected chi connectivity index (χ2v) is 5.88. The summed E-state index contributed by atoms with van der Waals surface area (Å²) >= 11 is 0. The van der Waals surface area contributed by atoms with E-state index in [1.165, 1.54) is 5.56 Å². The Kier molecular flexibility index (Phi) is 4.05. The van der Waals surface area contributed by atoms with Gasteiger partial charge in [0.15, 0.2) is 5.82 Å². The molecule has 0 radical (unpaired) electrons. The summed E-state index contributed by atoms with van der Waals surface area (Å²) in [5.41, 5.74) is 5.96. The van der Waals surface area contributed by atoms with Gasteiger partial charge in [-0.1, -0.05) is 54.6 Å². The van der Waals surface area contributed by atoms with Gasteiger partial charge < -0.3 is 0 Å². The van der Waals surface area contributed by atoms with Gasteiger partial charge in [-0.3, -0.25) is 4.98 Å². The van der Waals surface area contributed by atoms with E-state index in [1.54, 1.807) is 6.20 Å². The Labute approximate surface area is 147 Å². The summed E-state index contributed by atoms with van der Waals surface area (Å²) in [5, 5.41) is 0. The minimum Gasteiger partial charge on any atom is -0.255 e. The molecule has 0 saturated heterocycles. The van der Waals surface area contributed by atoms with Gasteiger partial charge in [-0.2, -0.15) is 0 Å². The molecule has 120 valence electrons. The predicted molar refractivity (Wildman–Crippen MR) is 101 cm³/mol. The molecule has 0 bridgehead atoms. The van der Waals surface area contributed by atoms with Crippen LogP contribution in [0.25, 0.3) is 33.9 Å². The fourth-order valence-electron chi connectivity index (χ4n) is 2.81. The van der Waals surface area contributed by atoms with Crippen molar-refractivity contribution in [1.82, 2.24) is 15.0 Å². The van der Waals surface area contributed by atoms with Crippen LogP contribution in [0.1, 0.15) is 5.69 Å². The topological polar surface area (TPSA) is 38.7 Å². The Bertz CT molecular complexity index is 996. The van der Waals surface area contributed by atoms with E-state index in [1.807, 2.05) is 61.5 Å². The normalized spacial score (nSPS) is 10.6. The molecule has 0 spiro atoms. The van der Waals surface area contributed by atoms with Crippen molar-refractivity contribution in [2.24, 2.45) is 0 Å². The van der Waals surface area contributed by atoms with Crippen molar-refractivity contribution < 1.29 is 0 Å². The van der Waals surface area contributed by atoms with Crippen LogP contribution in [0.5, 0.6) is 0 Å². The Morgan fingerprint density at radius 2 is 1.36 bits per heavy atom. The molecule has 0 atom stereocenters. The summed E-state index contributed by atoms with van der Waals surface area (Å²) in [4.78, 5) is 13.8. The second kappa shape index (κ2) is 6.65. The molecule has 4 rings (SSSR count). The van der Waals surface area contributed by atoms with Crippen LogP contribution in [0.2, 0.25) is 0 Å². The van der Waals surface area contributed by atoms with Crippen molar-refractivity contribution in [3.8, 4) is 33.9 Å². The first-order chi connectivity index (χ1) is 12.3.